The maximum atomic E-state index is 12.6. The van der Waals surface area contributed by atoms with Crippen molar-refractivity contribution in [2.24, 2.45) is 5.10 Å². The second-order valence-corrected chi connectivity index (χ2v) is 7.98. The second kappa shape index (κ2) is 13.6. The van der Waals surface area contributed by atoms with Crippen LogP contribution < -0.4 is 10.2 Å². The van der Waals surface area contributed by atoms with E-state index >= 15 is 0 Å². The lowest BCUT2D eigenvalue weighted by Gasteiger charge is -2.17. The van der Waals surface area contributed by atoms with Crippen LogP contribution in [0.5, 0.6) is 5.75 Å². The molecule has 6 nitrogen and oxygen atoms in total. The summed E-state index contributed by atoms with van der Waals surface area (Å²) in [6.45, 7) is 3.88. The molecule has 1 N–H and O–H groups in total. The van der Waals surface area contributed by atoms with Gasteiger partial charge in [0.05, 0.1) is 6.21 Å². The van der Waals surface area contributed by atoms with Crippen molar-refractivity contribution in [1.29, 1.82) is 0 Å². The summed E-state index contributed by atoms with van der Waals surface area (Å²) in [5.41, 5.74) is 3.57. The summed E-state index contributed by atoms with van der Waals surface area (Å²) in [6.07, 6.45) is 6.29. The number of hydrogen-bond acceptors (Lipinski definition) is 5. The second-order valence-electron chi connectivity index (χ2n) is 7.06. The molecule has 1 amide bonds. The summed E-state index contributed by atoms with van der Waals surface area (Å²) < 4.78 is 12.2. The first kappa shape index (κ1) is 24.6. The van der Waals surface area contributed by atoms with Crippen LogP contribution in [0, 0.1) is 0 Å². The maximum Gasteiger partial charge on any atom is 0.342 e. The Balaban J connectivity index is 1.88. The standard InChI is InChI=1S/C24H29BrN2O4/c1-3-5-6-9-20(4-2)31-24(29)21-10-7-8-11-22(21)30-17-23(28)27-26-16-18-12-14-19(25)15-13-18/h7-8,10-16,20H,3-6,9,17H2,1-2H3,(H,27,28). The molecule has 0 aromatic heterocycles. The predicted octanol–water partition coefficient (Wildman–Crippen LogP) is 5.49. The Kier molecular flexibility index (Phi) is 10.8. The van der Waals surface area contributed by atoms with Gasteiger partial charge in [-0.25, -0.2) is 10.2 Å². The molecule has 31 heavy (non-hydrogen) atoms. The number of nitrogens with one attached hydrogen (secondary N) is 1. The van der Waals surface area contributed by atoms with Gasteiger partial charge in [-0.15, -0.1) is 0 Å². The summed E-state index contributed by atoms with van der Waals surface area (Å²) in [7, 11) is 0. The Hall–Kier alpha value is -2.67. The van der Waals surface area contributed by atoms with Crippen LogP contribution in [0.1, 0.15) is 61.9 Å². The molecule has 0 radical (unpaired) electrons. The molecule has 166 valence electrons. The van der Waals surface area contributed by atoms with E-state index in [2.05, 4.69) is 33.4 Å². The molecule has 0 heterocycles. The van der Waals surface area contributed by atoms with Crippen LogP contribution in [-0.4, -0.2) is 30.8 Å². The predicted molar refractivity (Wildman–Crippen MR) is 125 cm³/mol. The zero-order valence-corrected chi connectivity index (χ0v) is 19.6. The number of para-hydroxylation sites is 1. The highest BCUT2D eigenvalue weighted by Crippen LogP contribution is 2.21. The van der Waals surface area contributed by atoms with E-state index in [0.717, 1.165) is 42.1 Å². The number of esters is 1. The van der Waals surface area contributed by atoms with Crippen LogP contribution in [0.15, 0.2) is 58.1 Å². The van der Waals surface area contributed by atoms with Gasteiger partial charge in [0.1, 0.15) is 17.4 Å². The molecule has 2 rings (SSSR count). The lowest BCUT2D eigenvalue weighted by molar-refractivity contribution is -0.123. The third-order valence-corrected chi connectivity index (χ3v) is 5.13. The lowest BCUT2D eigenvalue weighted by atomic mass is 10.1. The molecule has 1 unspecified atom stereocenters. The highest BCUT2D eigenvalue weighted by Gasteiger charge is 2.18. The highest BCUT2D eigenvalue weighted by molar-refractivity contribution is 9.10. The average molecular weight is 489 g/mol. The molecule has 0 saturated carbocycles. The van der Waals surface area contributed by atoms with Crippen LogP contribution >= 0.6 is 15.9 Å². The molecule has 7 heteroatoms. The summed E-state index contributed by atoms with van der Waals surface area (Å²) >= 11 is 3.36. The van der Waals surface area contributed by atoms with Crippen molar-refractivity contribution in [2.75, 3.05) is 6.61 Å². The van der Waals surface area contributed by atoms with Crippen molar-refractivity contribution in [2.45, 2.75) is 52.1 Å². The molecule has 1 atom stereocenters. The number of carbonyl (C=O) groups is 2. The number of hydrazone groups is 1. The summed E-state index contributed by atoms with van der Waals surface area (Å²) in [5.74, 6) is -0.557. The van der Waals surface area contributed by atoms with Crippen LogP contribution in [0.2, 0.25) is 0 Å². The minimum atomic E-state index is -0.437. The largest absolute Gasteiger partial charge is 0.483 e. The molecule has 0 bridgehead atoms. The lowest BCUT2D eigenvalue weighted by Crippen LogP contribution is -2.25. The van der Waals surface area contributed by atoms with Gasteiger partial charge in [-0.05, 0) is 49.1 Å². The first-order valence-corrected chi connectivity index (χ1v) is 11.3. The van der Waals surface area contributed by atoms with Gasteiger partial charge in [-0.3, -0.25) is 4.79 Å². The number of amides is 1. The smallest absolute Gasteiger partial charge is 0.342 e. The van der Waals surface area contributed by atoms with Crippen LogP contribution in [0.3, 0.4) is 0 Å². The highest BCUT2D eigenvalue weighted by atomic mass is 79.9. The van der Waals surface area contributed by atoms with E-state index in [-0.39, 0.29) is 12.7 Å². The SMILES string of the molecule is CCCCCC(CC)OC(=O)c1ccccc1OCC(=O)NN=Cc1ccc(Br)cc1. The molecule has 2 aromatic carbocycles. The minimum Gasteiger partial charge on any atom is -0.483 e. The molecule has 0 aliphatic carbocycles. The molecule has 0 aliphatic heterocycles. The zero-order chi connectivity index (χ0) is 22.5. The van der Waals surface area contributed by atoms with Crippen LogP contribution in [0.4, 0.5) is 0 Å². The number of halogens is 1. The normalized spacial score (nSPS) is 11.8. The van der Waals surface area contributed by atoms with Gasteiger partial charge in [0.25, 0.3) is 5.91 Å². The van der Waals surface area contributed by atoms with E-state index in [1.54, 1.807) is 30.5 Å². The molecule has 0 fully saturated rings. The van der Waals surface area contributed by atoms with E-state index in [9.17, 15) is 9.59 Å². The minimum absolute atomic E-state index is 0.122. The first-order chi connectivity index (χ1) is 15.0. The van der Waals surface area contributed by atoms with Crippen molar-refractivity contribution < 1.29 is 19.1 Å². The molecular weight excluding hydrogens is 460 g/mol. The quantitative estimate of drug-likeness (QED) is 0.185. The van der Waals surface area contributed by atoms with Gasteiger partial charge in [0, 0.05) is 4.47 Å². The zero-order valence-electron chi connectivity index (χ0n) is 18.0. The van der Waals surface area contributed by atoms with Gasteiger partial charge in [0.15, 0.2) is 6.61 Å². The van der Waals surface area contributed by atoms with E-state index in [1.165, 1.54) is 0 Å². The van der Waals surface area contributed by atoms with Crippen molar-refractivity contribution >= 4 is 34.0 Å². The van der Waals surface area contributed by atoms with Crippen molar-refractivity contribution in [1.82, 2.24) is 5.43 Å². The number of unbranched alkanes of at least 4 members (excludes halogenated alkanes) is 2. The fourth-order valence-electron chi connectivity index (χ4n) is 2.85. The molecular formula is C24H29BrN2O4. The third-order valence-electron chi connectivity index (χ3n) is 4.60. The van der Waals surface area contributed by atoms with Crippen LogP contribution in [0.25, 0.3) is 0 Å². The number of ether oxygens (including phenoxy) is 2. The summed E-state index contributed by atoms with van der Waals surface area (Å²) in [5, 5.41) is 3.92. The Morgan fingerprint density at radius 3 is 2.55 bits per heavy atom. The number of carbonyl (C=O) groups excluding carboxylic acids is 2. The molecule has 2 aromatic rings. The third kappa shape index (κ3) is 8.92. The summed E-state index contributed by atoms with van der Waals surface area (Å²) in [6, 6.07) is 14.3. The Morgan fingerprint density at radius 2 is 1.84 bits per heavy atom. The van der Waals surface area contributed by atoms with E-state index < -0.39 is 11.9 Å². The monoisotopic (exact) mass is 488 g/mol. The number of benzene rings is 2. The fourth-order valence-corrected chi connectivity index (χ4v) is 3.11. The van der Waals surface area contributed by atoms with Crippen molar-refractivity contribution in [3.63, 3.8) is 0 Å². The van der Waals surface area contributed by atoms with E-state index in [1.807, 2.05) is 31.2 Å². The van der Waals surface area contributed by atoms with E-state index in [4.69, 9.17) is 9.47 Å². The van der Waals surface area contributed by atoms with Crippen LogP contribution in [-0.2, 0) is 9.53 Å². The number of nitrogens with zero attached hydrogens (tertiary/aromatic N) is 1. The fraction of sp³-hybridized carbons (Fsp3) is 0.375. The Labute approximate surface area is 192 Å². The maximum absolute atomic E-state index is 12.6. The molecule has 0 aliphatic rings. The molecule has 0 saturated heterocycles. The van der Waals surface area contributed by atoms with Gasteiger partial charge in [-0.1, -0.05) is 66.9 Å². The Morgan fingerprint density at radius 1 is 1.10 bits per heavy atom. The van der Waals surface area contributed by atoms with Gasteiger partial charge >= 0.3 is 5.97 Å². The van der Waals surface area contributed by atoms with Gasteiger partial charge in [-0.2, -0.15) is 5.10 Å². The van der Waals surface area contributed by atoms with Gasteiger partial charge in [0.2, 0.25) is 0 Å². The van der Waals surface area contributed by atoms with E-state index in [0.29, 0.717) is 11.3 Å². The Bertz CT molecular complexity index is 868. The topological polar surface area (TPSA) is 77.0 Å². The summed E-state index contributed by atoms with van der Waals surface area (Å²) in [4.78, 5) is 24.7. The molecule has 0 spiro atoms. The first-order valence-electron chi connectivity index (χ1n) is 10.5. The van der Waals surface area contributed by atoms with Crippen molar-refractivity contribution in [3.8, 4) is 5.75 Å². The average Bonchev–Trinajstić information content (AvgIpc) is 2.78. The number of rotatable bonds is 12. The number of hydrogen-bond donors (Lipinski definition) is 1. The van der Waals surface area contributed by atoms with Gasteiger partial charge < -0.3 is 9.47 Å². The van der Waals surface area contributed by atoms with Crippen molar-refractivity contribution in [3.05, 3.63) is 64.1 Å².